The van der Waals surface area contributed by atoms with Crippen LogP contribution in [0.1, 0.15) is 46.3 Å². The number of nitrogens with one attached hydrogen (secondary N) is 1. The maximum atomic E-state index is 13.6. The summed E-state index contributed by atoms with van der Waals surface area (Å²) in [7, 11) is 1.58. The van der Waals surface area contributed by atoms with Gasteiger partial charge in [-0.05, 0) is 30.5 Å². The van der Waals surface area contributed by atoms with Crippen molar-refractivity contribution in [2.45, 2.75) is 26.2 Å². The summed E-state index contributed by atoms with van der Waals surface area (Å²) in [5.74, 6) is 0.119. The second-order valence-corrected chi connectivity index (χ2v) is 6.32. The molecule has 0 aliphatic heterocycles. The van der Waals surface area contributed by atoms with E-state index in [0.29, 0.717) is 11.7 Å². The quantitative estimate of drug-likeness (QED) is 0.696. The topological polar surface area (TPSA) is 77.0 Å². The van der Waals surface area contributed by atoms with Crippen molar-refractivity contribution in [2.75, 3.05) is 12.4 Å². The number of ether oxygens (including phenoxy) is 1. The zero-order chi connectivity index (χ0) is 20.1. The lowest BCUT2D eigenvalue weighted by atomic mass is 9.91. The van der Waals surface area contributed by atoms with Crippen molar-refractivity contribution in [3.8, 4) is 5.88 Å². The molecule has 144 valence electrons. The molecule has 1 N–H and O–H groups in total. The number of aromatic nitrogens is 3. The highest BCUT2D eigenvalue weighted by molar-refractivity contribution is 6.04. The van der Waals surface area contributed by atoms with Gasteiger partial charge in [0.2, 0.25) is 5.88 Å². The highest BCUT2D eigenvalue weighted by Crippen LogP contribution is 2.28. The van der Waals surface area contributed by atoms with E-state index in [2.05, 4.69) is 27.2 Å². The molecule has 0 radical (unpaired) electrons. The van der Waals surface area contributed by atoms with Gasteiger partial charge in [0, 0.05) is 36.1 Å². The number of hydrogen-bond donors (Lipinski definition) is 1. The van der Waals surface area contributed by atoms with Crippen molar-refractivity contribution < 1.29 is 13.9 Å². The number of anilines is 1. The number of rotatable bonds is 6. The van der Waals surface area contributed by atoms with Crippen LogP contribution in [0.4, 0.5) is 10.2 Å². The summed E-state index contributed by atoms with van der Waals surface area (Å²) in [5, 5.41) is 2.68. The SMILES string of the molecule is CCC(c1ccc(NC(=O)c2cncc(F)c2C)nc1)c1ccc(OC)nc1. The third kappa shape index (κ3) is 4.14. The van der Waals surface area contributed by atoms with Gasteiger partial charge in [0.15, 0.2) is 0 Å². The average molecular weight is 380 g/mol. The smallest absolute Gasteiger partial charge is 0.258 e. The molecule has 3 heterocycles. The fourth-order valence-electron chi connectivity index (χ4n) is 2.98. The van der Waals surface area contributed by atoms with Gasteiger partial charge in [0.1, 0.15) is 11.6 Å². The number of carbonyl (C=O) groups is 1. The number of nitrogens with zero attached hydrogens (tertiary/aromatic N) is 3. The third-order valence-electron chi connectivity index (χ3n) is 4.61. The van der Waals surface area contributed by atoms with Gasteiger partial charge in [-0.15, -0.1) is 0 Å². The number of methoxy groups -OCH3 is 1. The minimum Gasteiger partial charge on any atom is -0.481 e. The van der Waals surface area contributed by atoms with Crippen molar-refractivity contribution in [3.05, 3.63) is 77.1 Å². The van der Waals surface area contributed by atoms with Crippen LogP contribution in [-0.4, -0.2) is 28.0 Å². The van der Waals surface area contributed by atoms with Gasteiger partial charge in [-0.25, -0.2) is 14.4 Å². The molecular weight excluding hydrogens is 359 g/mol. The van der Waals surface area contributed by atoms with Gasteiger partial charge < -0.3 is 10.1 Å². The van der Waals surface area contributed by atoms with E-state index >= 15 is 0 Å². The zero-order valence-corrected chi connectivity index (χ0v) is 15.9. The molecule has 0 saturated heterocycles. The van der Waals surface area contributed by atoms with Gasteiger partial charge >= 0.3 is 0 Å². The standard InChI is InChI=1S/C21H21FN4O2/c1-4-16(15-6-8-20(28-3)25-10-15)14-5-7-19(24-9-14)26-21(27)17-11-23-12-18(22)13(17)2/h5-12,16H,4H2,1-3H3,(H,24,26,27). The van der Waals surface area contributed by atoms with Crippen LogP contribution >= 0.6 is 0 Å². The van der Waals surface area contributed by atoms with E-state index in [0.717, 1.165) is 23.7 Å². The Morgan fingerprint density at radius 3 is 2.39 bits per heavy atom. The van der Waals surface area contributed by atoms with E-state index in [9.17, 15) is 9.18 Å². The molecule has 1 amide bonds. The van der Waals surface area contributed by atoms with Crippen LogP contribution in [0.3, 0.4) is 0 Å². The van der Waals surface area contributed by atoms with Crippen molar-refractivity contribution in [3.63, 3.8) is 0 Å². The maximum Gasteiger partial charge on any atom is 0.258 e. The first kappa shape index (κ1) is 19.4. The largest absolute Gasteiger partial charge is 0.481 e. The lowest BCUT2D eigenvalue weighted by Gasteiger charge is -2.16. The minimum atomic E-state index is -0.519. The molecule has 0 saturated carbocycles. The summed E-state index contributed by atoms with van der Waals surface area (Å²) < 4.78 is 18.7. The highest BCUT2D eigenvalue weighted by atomic mass is 19.1. The van der Waals surface area contributed by atoms with Gasteiger partial charge in [-0.1, -0.05) is 19.1 Å². The number of carbonyl (C=O) groups excluding carboxylic acids is 1. The molecule has 6 nitrogen and oxygen atoms in total. The maximum absolute atomic E-state index is 13.6. The number of amides is 1. The molecule has 1 unspecified atom stereocenters. The lowest BCUT2D eigenvalue weighted by Crippen LogP contribution is -2.15. The van der Waals surface area contributed by atoms with E-state index < -0.39 is 11.7 Å². The molecule has 3 rings (SSSR count). The Hall–Kier alpha value is -3.35. The molecule has 28 heavy (non-hydrogen) atoms. The minimum absolute atomic E-state index is 0.130. The Morgan fingerprint density at radius 2 is 1.82 bits per heavy atom. The third-order valence-corrected chi connectivity index (χ3v) is 4.61. The Balaban J connectivity index is 1.76. The normalized spacial score (nSPS) is 11.7. The molecular formula is C21H21FN4O2. The van der Waals surface area contributed by atoms with Gasteiger partial charge in [-0.3, -0.25) is 9.78 Å². The summed E-state index contributed by atoms with van der Waals surface area (Å²) in [5.41, 5.74) is 2.50. The zero-order valence-electron chi connectivity index (χ0n) is 15.9. The molecule has 7 heteroatoms. The molecule has 1 atom stereocenters. The van der Waals surface area contributed by atoms with Crippen LogP contribution in [0.5, 0.6) is 5.88 Å². The predicted octanol–water partition coefficient (Wildman–Crippen LogP) is 4.12. The van der Waals surface area contributed by atoms with Crippen LogP contribution < -0.4 is 10.1 Å². The first-order valence-electron chi connectivity index (χ1n) is 8.90. The van der Waals surface area contributed by atoms with E-state index in [4.69, 9.17) is 4.74 Å². The molecule has 0 aliphatic carbocycles. The molecule has 0 aromatic carbocycles. The molecule has 0 bridgehead atoms. The molecule has 0 aliphatic rings. The molecule has 3 aromatic rings. The summed E-state index contributed by atoms with van der Waals surface area (Å²) in [6.45, 7) is 3.63. The fraction of sp³-hybridized carbons (Fsp3) is 0.238. The Kier molecular flexibility index (Phi) is 5.93. The molecule has 3 aromatic heterocycles. The first-order valence-corrected chi connectivity index (χ1v) is 8.90. The van der Waals surface area contributed by atoms with Crippen molar-refractivity contribution in [1.82, 2.24) is 15.0 Å². The summed E-state index contributed by atoms with van der Waals surface area (Å²) in [6.07, 6.45) is 6.81. The van der Waals surface area contributed by atoms with Crippen LogP contribution in [0.2, 0.25) is 0 Å². The van der Waals surface area contributed by atoms with Gasteiger partial charge in [0.05, 0.1) is 18.9 Å². The van der Waals surface area contributed by atoms with Gasteiger partial charge in [0.25, 0.3) is 5.91 Å². The van der Waals surface area contributed by atoms with E-state index in [1.54, 1.807) is 25.6 Å². The highest BCUT2D eigenvalue weighted by Gasteiger charge is 2.16. The Morgan fingerprint density at radius 1 is 1.11 bits per heavy atom. The van der Waals surface area contributed by atoms with E-state index in [-0.39, 0.29) is 17.0 Å². The molecule has 0 fully saturated rings. The van der Waals surface area contributed by atoms with Crippen LogP contribution in [0.25, 0.3) is 0 Å². The van der Waals surface area contributed by atoms with Gasteiger partial charge in [-0.2, -0.15) is 0 Å². The Labute approximate surface area is 162 Å². The van der Waals surface area contributed by atoms with E-state index in [1.165, 1.54) is 13.1 Å². The number of hydrogen-bond acceptors (Lipinski definition) is 5. The number of pyridine rings is 3. The van der Waals surface area contributed by atoms with Crippen molar-refractivity contribution >= 4 is 11.7 Å². The average Bonchev–Trinajstić information content (AvgIpc) is 2.72. The fourth-order valence-corrected chi connectivity index (χ4v) is 2.98. The number of halogens is 1. The van der Waals surface area contributed by atoms with Crippen molar-refractivity contribution in [2.24, 2.45) is 0 Å². The van der Waals surface area contributed by atoms with E-state index in [1.807, 2.05) is 18.2 Å². The van der Waals surface area contributed by atoms with Crippen molar-refractivity contribution in [1.29, 1.82) is 0 Å². The first-order chi connectivity index (χ1) is 13.5. The van der Waals surface area contributed by atoms with Crippen LogP contribution in [0, 0.1) is 12.7 Å². The second kappa shape index (κ2) is 8.56. The lowest BCUT2D eigenvalue weighted by molar-refractivity contribution is 0.102. The monoisotopic (exact) mass is 380 g/mol. The summed E-state index contributed by atoms with van der Waals surface area (Å²) >= 11 is 0. The molecule has 0 spiro atoms. The predicted molar refractivity (Wildman–Crippen MR) is 104 cm³/mol. The van der Waals surface area contributed by atoms with Crippen LogP contribution in [-0.2, 0) is 0 Å². The Bertz CT molecular complexity index is 959. The summed E-state index contributed by atoms with van der Waals surface area (Å²) in [4.78, 5) is 24.7. The van der Waals surface area contributed by atoms with Crippen LogP contribution in [0.15, 0.2) is 49.1 Å². The summed E-state index contributed by atoms with van der Waals surface area (Å²) in [6, 6.07) is 7.46. The second-order valence-electron chi connectivity index (χ2n) is 6.32.